The highest BCUT2D eigenvalue weighted by Crippen LogP contribution is 2.27. The quantitative estimate of drug-likeness (QED) is 0.305. The molecule has 0 aromatic heterocycles. The van der Waals surface area contributed by atoms with E-state index in [1.54, 1.807) is 7.11 Å². The molecule has 0 aliphatic carbocycles. The Morgan fingerprint density at radius 1 is 1.24 bits per heavy atom. The summed E-state index contributed by atoms with van der Waals surface area (Å²) in [6.07, 6.45) is 0.528. The summed E-state index contributed by atoms with van der Waals surface area (Å²) >= 11 is 3.40. The normalized spacial score (nSPS) is 13.5. The number of nitrogens with two attached hydrogens (primary N) is 1. The Morgan fingerprint density at radius 3 is 2.48 bits per heavy atom. The summed E-state index contributed by atoms with van der Waals surface area (Å²) in [4.78, 5) is 4.30. The lowest BCUT2D eigenvalue weighted by Crippen LogP contribution is -2.31. The van der Waals surface area contributed by atoms with Crippen molar-refractivity contribution in [1.29, 1.82) is 0 Å². The summed E-state index contributed by atoms with van der Waals surface area (Å²) in [7, 11) is 1.59. The molecule has 0 saturated carbocycles. The topological polar surface area (TPSA) is 79.9 Å². The van der Waals surface area contributed by atoms with E-state index < -0.39 is 5.60 Å². The fraction of sp³-hybridized carbons (Fsp3) is 0.278. The van der Waals surface area contributed by atoms with Crippen LogP contribution in [0.4, 0.5) is 5.69 Å². The number of nitrogens with zero attached hydrogens (tertiary/aromatic N) is 1. The van der Waals surface area contributed by atoms with Crippen molar-refractivity contribution < 1.29 is 9.84 Å². The number of hydrogen-bond acceptors (Lipinski definition) is 3. The molecular formula is C18H23BrIN3O2. The van der Waals surface area contributed by atoms with Gasteiger partial charge in [-0.1, -0.05) is 47.1 Å². The molecule has 7 heteroatoms. The van der Waals surface area contributed by atoms with Gasteiger partial charge in [-0.05, 0) is 36.2 Å². The van der Waals surface area contributed by atoms with Crippen molar-refractivity contribution in [3.63, 3.8) is 0 Å². The monoisotopic (exact) mass is 519 g/mol. The molecule has 0 aliphatic rings. The summed E-state index contributed by atoms with van der Waals surface area (Å²) in [5, 5.41) is 13.9. The van der Waals surface area contributed by atoms with Crippen LogP contribution in [0.25, 0.3) is 0 Å². The van der Waals surface area contributed by atoms with E-state index in [0.717, 1.165) is 15.7 Å². The lowest BCUT2D eigenvalue weighted by Gasteiger charge is -2.25. The van der Waals surface area contributed by atoms with Gasteiger partial charge in [0, 0.05) is 4.47 Å². The van der Waals surface area contributed by atoms with E-state index in [2.05, 4.69) is 26.2 Å². The predicted molar refractivity (Wildman–Crippen MR) is 117 cm³/mol. The smallest absolute Gasteiger partial charge is 0.193 e. The van der Waals surface area contributed by atoms with E-state index in [4.69, 9.17) is 10.5 Å². The van der Waals surface area contributed by atoms with Crippen LogP contribution in [0.1, 0.15) is 18.9 Å². The number of nitrogens with one attached hydrogen (secondary N) is 1. The lowest BCUT2D eigenvalue weighted by molar-refractivity contribution is 0.0424. The molecule has 0 saturated heterocycles. The fourth-order valence-electron chi connectivity index (χ4n) is 2.31. The molecule has 1 atom stereocenters. The zero-order valence-electron chi connectivity index (χ0n) is 14.2. The van der Waals surface area contributed by atoms with Crippen molar-refractivity contribution in [3.05, 3.63) is 58.6 Å². The molecule has 136 valence electrons. The zero-order valence-corrected chi connectivity index (χ0v) is 18.1. The molecule has 2 aromatic carbocycles. The third-order valence-electron chi connectivity index (χ3n) is 3.85. The predicted octanol–water partition coefficient (Wildman–Crippen LogP) is 4.10. The summed E-state index contributed by atoms with van der Waals surface area (Å²) in [5.41, 5.74) is 6.43. The zero-order chi connectivity index (χ0) is 17.6. The van der Waals surface area contributed by atoms with Gasteiger partial charge in [-0.25, -0.2) is 4.99 Å². The van der Waals surface area contributed by atoms with Gasteiger partial charge < -0.3 is 20.9 Å². The van der Waals surface area contributed by atoms with Gasteiger partial charge >= 0.3 is 0 Å². The van der Waals surface area contributed by atoms with Crippen LogP contribution >= 0.6 is 39.9 Å². The van der Waals surface area contributed by atoms with Crippen molar-refractivity contribution in [3.8, 4) is 5.75 Å². The van der Waals surface area contributed by atoms with Crippen LogP contribution in [0.3, 0.4) is 0 Å². The second-order valence-corrected chi connectivity index (χ2v) is 6.33. The van der Waals surface area contributed by atoms with E-state index in [9.17, 15) is 5.11 Å². The van der Waals surface area contributed by atoms with Crippen molar-refractivity contribution >= 4 is 51.6 Å². The molecule has 0 bridgehead atoms. The van der Waals surface area contributed by atoms with Crippen LogP contribution in [0.2, 0.25) is 0 Å². The van der Waals surface area contributed by atoms with Crippen LogP contribution in [0, 0.1) is 0 Å². The van der Waals surface area contributed by atoms with Crippen molar-refractivity contribution in [2.24, 2.45) is 10.7 Å². The number of para-hydroxylation sites is 2. The second-order valence-electron chi connectivity index (χ2n) is 5.42. The van der Waals surface area contributed by atoms with Crippen LogP contribution in [-0.2, 0) is 5.60 Å². The Hall–Kier alpha value is -1.32. The molecule has 25 heavy (non-hydrogen) atoms. The van der Waals surface area contributed by atoms with Crippen LogP contribution < -0.4 is 15.8 Å². The Morgan fingerprint density at radius 2 is 1.88 bits per heavy atom. The number of halogens is 2. The van der Waals surface area contributed by atoms with E-state index in [0.29, 0.717) is 12.2 Å². The minimum Gasteiger partial charge on any atom is -0.495 e. The maximum absolute atomic E-state index is 10.9. The van der Waals surface area contributed by atoms with Crippen LogP contribution in [0.15, 0.2) is 58.0 Å². The molecule has 0 spiro atoms. The molecule has 0 fully saturated rings. The first-order chi connectivity index (χ1) is 11.5. The maximum atomic E-state index is 10.9. The van der Waals surface area contributed by atoms with Crippen molar-refractivity contribution in [2.45, 2.75) is 18.9 Å². The SMILES string of the molecule is CCC(O)(CN=C(N)Nc1ccccc1OC)c1ccc(Br)cc1.I. The van der Waals surface area contributed by atoms with Gasteiger partial charge in [0.15, 0.2) is 5.96 Å². The number of guanidine groups is 1. The van der Waals surface area contributed by atoms with Gasteiger partial charge in [-0.15, -0.1) is 24.0 Å². The summed E-state index contributed by atoms with van der Waals surface area (Å²) in [6, 6.07) is 15.0. The summed E-state index contributed by atoms with van der Waals surface area (Å²) < 4.78 is 6.23. The van der Waals surface area contributed by atoms with Crippen LogP contribution in [-0.4, -0.2) is 24.7 Å². The third-order valence-corrected chi connectivity index (χ3v) is 4.38. The standard InChI is InChI=1S/C18H22BrN3O2.HI/c1-3-18(23,13-8-10-14(19)11-9-13)12-21-17(20)22-15-6-4-5-7-16(15)24-2;/h4-11,23H,3,12H2,1-2H3,(H3,20,21,22);1H. The molecule has 0 aliphatic heterocycles. The Balaban J connectivity index is 0.00000312. The van der Waals surface area contributed by atoms with E-state index in [-0.39, 0.29) is 36.5 Å². The molecular weight excluding hydrogens is 497 g/mol. The number of methoxy groups -OCH3 is 1. The highest BCUT2D eigenvalue weighted by molar-refractivity contribution is 14.0. The van der Waals surface area contributed by atoms with E-state index in [1.165, 1.54) is 0 Å². The number of benzene rings is 2. The van der Waals surface area contributed by atoms with Gasteiger partial charge in [-0.2, -0.15) is 0 Å². The number of ether oxygens (including phenoxy) is 1. The van der Waals surface area contributed by atoms with Crippen LogP contribution in [0.5, 0.6) is 5.75 Å². The minimum absolute atomic E-state index is 0. The largest absolute Gasteiger partial charge is 0.495 e. The van der Waals surface area contributed by atoms with Crippen molar-refractivity contribution in [1.82, 2.24) is 0 Å². The molecule has 0 amide bonds. The highest BCUT2D eigenvalue weighted by Gasteiger charge is 2.26. The minimum atomic E-state index is -1.06. The molecule has 5 nitrogen and oxygen atoms in total. The third kappa shape index (κ3) is 5.86. The van der Waals surface area contributed by atoms with Gasteiger partial charge in [-0.3, -0.25) is 0 Å². The fourth-order valence-corrected chi connectivity index (χ4v) is 2.57. The van der Waals surface area contributed by atoms with Gasteiger partial charge in [0.2, 0.25) is 0 Å². The van der Waals surface area contributed by atoms with Gasteiger partial charge in [0.1, 0.15) is 11.4 Å². The number of aliphatic hydroxyl groups is 1. The Bertz CT molecular complexity index is 710. The second kappa shape index (κ2) is 9.98. The van der Waals surface area contributed by atoms with Gasteiger partial charge in [0.25, 0.3) is 0 Å². The number of anilines is 1. The number of rotatable bonds is 6. The Kier molecular flexibility index (Phi) is 8.67. The molecule has 4 N–H and O–H groups in total. The van der Waals surface area contributed by atoms with E-state index >= 15 is 0 Å². The Labute approximate surface area is 173 Å². The average Bonchev–Trinajstić information content (AvgIpc) is 2.60. The summed E-state index contributed by atoms with van der Waals surface area (Å²) in [6.45, 7) is 2.08. The molecule has 0 radical (unpaired) electrons. The molecule has 2 rings (SSSR count). The molecule has 1 unspecified atom stereocenters. The molecule has 2 aromatic rings. The number of hydrogen-bond donors (Lipinski definition) is 3. The number of aliphatic imine (C=N–C) groups is 1. The summed E-state index contributed by atoms with van der Waals surface area (Å²) in [5.74, 6) is 0.901. The van der Waals surface area contributed by atoms with E-state index in [1.807, 2.05) is 55.5 Å². The first-order valence-corrected chi connectivity index (χ1v) is 8.46. The van der Waals surface area contributed by atoms with Gasteiger partial charge in [0.05, 0.1) is 19.3 Å². The first kappa shape index (κ1) is 21.7. The molecule has 0 heterocycles. The highest BCUT2D eigenvalue weighted by atomic mass is 127. The first-order valence-electron chi connectivity index (χ1n) is 7.67. The van der Waals surface area contributed by atoms with Crippen molar-refractivity contribution in [2.75, 3.05) is 19.0 Å². The lowest BCUT2D eigenvalue weighted by atomic mass is 9.91. The average molecular weight is 520 g/mol. The maximum Gasteiger partial charge on any atom is 0.193 e.